The van der Waals surface area contributed by atoms with Crippen LogP contribution in [0.15, 0.2) is 0 Å². The van der Waals surface area contributed by atoms with Crippen LogP contribution in [0, 0.1) is 23.2 Å². The van der Waals surface area contributed by atoms with Gasteiger partial charge in [-0.05, 0) is 51.7 Å². The summed E-state index contributed by atoms with van der Waals surface area (Å²) in [5.74, 6) is 1.02. The number of nitrogens with zero attached hydrogens (tertiary/aromatic N) is 3. The molecule has 0 aromatic rings. The van der Waals surface area contributed by atoms with Crippen LogP contribution in [0.3, 0.4) is 0 Å². The van der Waals surface area contributed by atoms with Crippen LogP contribution < -0.4 is 0 Å². The first kappa shape index (κ1) is 13.8. The molecule has 2 unspecified atom stereocenters. The lowest BCUT2D eigenvalue weighted by Gasteiger charge is -2.39. The zero-order chi connectivity index (χ0) is 13.0. The van der Waals surface area contributed by atoms with Gasteiger partial charge in [-0.1, -0.05) is 0 Å². The first-order valence-corrected chi connectivity index (χ1v) is 7.16. The zero-order valence-electron chi connectivity index (χ0n) is 11.4. The Bertz CT molecular complexity index is 294. The molecule has 0 spiro atoms. The Hall–Kier alpha value is -0.630. The molecule has 0 aromatic carbocycles. The van der Waals surface area contributed by atoms with Gasteiger partial charge in [-0.25, -0.2) is 0 Å². The molecule has 0 radical (unpaired) electrons. The number of likely N-dealkylation sites (tertiary alicyclic amines) is 2. The Morgan fingerprint density at radius 3 is 2.50 bits per heavy atom. The lowest BCUT2D eigenvalue weighted by molar-refractivity contribution is 0.0648. The normalized spacial score (nSPS) is 32.3. The van der Waals surface area contributed by atoms with E-state index < -0.39 is 0 Å². The molecule has 0 bridgehead atoms. The van der Waals surface area contributed by atoms with Crippen LogP contribution in [-0.4, -0.2) is 60.8 Å². The van der Waals surface area contributed by atoms with E-state index in [1.807, 2.05) is 0 Å². The van der Waals surface area contributed by atoms with Crippen LogP contribution in [0.1, 0.15) is 25.7 Å². The highest BCUT2D eigenvalue weighted by Crippen LogP contribution is 2.23. The van der Waals surface area contributed by atoms with Crippen molar-refractivity contribution in [1.82, 2.24) is 9.80 Å². The van der Waals surface area contributed by atoms with Crippen molar-refractivity contribution in [2.75, 3.05) is 39.8 Å². The minimum atomic E-state index is 0.286. The van der Waals surface area contributed by atoms with Gasteiger partial charge in [-0.2, -0.15) is 5.26 Å². The van der Waals surface area contributed by atoms with Crippen molar-refractivity contribution in [3.05, 3.63) is 0 Å². The van der Waals surface area contributed by atoms with Crippen molar-refractivity contribution in [1.29, 1.82) is 5.26 Å². The van der Waals surface area contributed by atoms with Crippen molar-refractivity contribution in [2.24, 2.45) is 11.8 Å². The highest BCUT2D eigenvalue weighted by Gasteiger charge is 2.27. The number of piperidine rings is 2. The molecule has 1 N–H and O–H groups in total. The molecule has 2 rings (SSSR count). The molecule has 0 amide bonds. The Morgan fingerprint density at radius 1 is 1.22 bits per heavy atom. The maximum Gasteiger partial charge on any atom is 0.0656 e. The van der Waals surface area contributed by atoms with Gasteiger partial charge in [0.25, 0.3) is 0 Å². The number of nitriles is 1. The molecule has 4 nitrogen and oxygen atoms in total. The molecule has 2 saturated heterocycles. The van der Waals surface area contributed by atoms with Crippen molar-refractivity contribution >= 4 is 0 Å². The van der Waals surface area contributed by atoms with Gasteiger partial charge in [0.15, 0.2) is 0 Å². The predicted molar refractivity (Wildman–Crippen MR) is 71.0 cm³/mol. The Labute approximate surface area is 110 Å². The van der Waals surface area contributed by atoms with Crippen LogP contribution in [0.5, 0.6) is 0 Å². The molecule has 0 saturated carbocycles. The molecule has 0 aliphatic carbocycles. The summed E-state index contributed by atoms with van der Waals surface area (Å²) in [6.07, 6.45) is 4.43. The second kappa shape index (κ2) is 6.51. The fourth-order valence-electron chi connectivity index (χ4n) is 3.29. The standard InChI is InChI=1S/C14H25N3O/c1-16-9-13(2-3-14(16)11-18)10-17-6-4-12(8-15)5-7-17/h12-14,18H,2-7,9-11H2,1H3. The highest BCUT2D eigenvalue weighted by molar-refractivity contribution is 4.88. The van der Waals surface area contributed by atoms with Gasteiger partial charge in [0.1, 0.15) is 0 Å². The summed E-state index contributed by atoms with van der Waals surface area (Å²) in [6, 6.07) is 2.75. The number of hydrogen-bond acceptors (Lipinski definition) is 4. The molecule has 4 heteroatoms. The largest absolute Gasteiger partial charge is 0.395 e. The maximum absolute atomic E-state index is 9.24. The van der Waals surface area contributed by atoms with Gasteiger partial charge in [-0.3, -0.25) is 0 Å². The van der Waals surface area contributed by atoms with Crippen molar-refractivity contribution in [3.8, 4) is 6.07 Å². The Kier molecular flexibility index (Phi) is 4.99. The van der Waals surface area contributed by atoms with Crippen LogP contribution in [0.4, 0.5) is 0 Å². The summed E-state index contributed by atoms with van der Waals surface area (Å²) in [4.78, 5) is 4.82. The Morgan fingerprint density at radius 2 is 1.94 bits per heavy atom. The lowest BCUT2D eigenvalue weighted by atomic mass is 9.91. The van der Waals surface area contributed by atoms with Crippen LogP contribution in [0.25, 0.3) is 0 Å². The molecule has 102 valence electrons. The average Bonchev–Trinajstić information content (AvgIpc) is 2.40. The van der Waals surface area contributed by atoms with E-state index in [2.05, 4.69) is 22.9 Å². The van der Waals surface area contributed by atoms with E-state index in [9.17, 15) is 5.11 Å². The number of aliphatic hydroxyl groups is 1. The number of aliphatic hydroxyl groups excluding tert-OH is 1. The van der Waals surface area contributed by atoms with Crippen LogP contribution >= 0.6 is 0 Å². The molecule has 2 atom stereocenters. The van der Waals surface area contributed by atoms with E-state index in [1.165, 1.54) is 13.0 Å². The lowest BCUT2D eigenvalue weighted by Crippen LogP contribution is -2.47. The molecule has 0 aromatic heterocycles. The predicted octanol–water partition coefficient (Wildman–Crippen LogP) is 0.925. The molecule has 2 aliphatic rings. The van der Waals surface area contributed by atoms with E-state index in [0.29, 0.717) is 6.04 Å². The number of hydrogen-bond donors (Lipinski definition) is 1. The molecule has 2 fully saturated rings. The first-order chi connectivity index (χ1) is 8.72. The zero-order valence-corrected chi connectivity index (χ0v) is 11.4. The second-order valence-corrected chi connectivity index (χ2v) is 5.92. The topological polar surface area (TPSA) is 50.5 Å². The van der Waals surface area contributed by atoms with E-state index in [0.717, 1.165) is 44.8 Å². The molecule has 18 heavy (non-hydrogen) atoms. The van der Waals surface area contributed by atoms with Gasteiger partial charge < -0.3 is 14.9 Å². The van der Waals surface area contributed by atoms with Crippen LogP contribution in [-0.2, 0) is 0 Å². The summed E-state index contributed by atoms with van der Waals surface area (Å²) in [6.45, 7) is 4.73. The van der Waals surface area contributed by atoms with E-state index in [4.69, 9.17) is 5.26 Å². The van der Waals surface area contributed by atoms with Gasteiger partial charge >= 0.3 is 0 Å². The molecular weight excluding hydrogens is 226 g/mol. The molecular formula is C14H25N3O. The highest BCUT2D eigenvalue weighted by atomic mass is 16.3. The summed E-state index contributed by atoms with van der Waals surface area (Å²) < 4.78 is 0. The fourth-order valence-corrected chi connectivity index (χ4v) is 3.29. The van der Waals surface area contributed by atoms with E-state index in [-0.39, 0.29) is 12.5 Å². The van der Waals surface area contributed by atoms with Crippen LogP contribution in [0.2, 0.25) is 0 Å². The maximum atomic E-state index is 9.24. The summed E-state index contributed by atoms with van der Waals surface area (Å²) in [5.41, 5.74) is 0. The third-order valence-electron chi connectivity index (χ3n) is 4.57. The van der Waals surface area contributed by atoms with Crippen molar-refractivity contribution in [3.63, 3.8) is 0 Å². The summed E-state index contributed by atoms with van der Waals surface area (Å²) in [7, 11) is 2.12. The third-order valence-corrected chi connectivity index (χ3v) is 4.57. The minimum absolute atomic E-state index is 0.286. The fraction of sp³-hybridized carbons (Fsp3) is 0.929. The summed E-state index contributed by atoms with van der Waals surface area (Å²) >= 11 is 0. The monoisotopic (exact) mass is 251 g/mol. The van der Waals surface area contributed by atoms with Gasteiger partial charge in [0.05, 0.1) is 12.7 Å². The van der Waals surface area contributed by atoms with Crippen molar-refractivity contribution in [2.45, 2.75) is 31.7 Å². The summed E-state index contributed by atoms with van der Waals surface area (Å²) in [5, 5.41) is 18.1. The minimum Gasteiger partial charge on any atom is -0.395 e. The van der Waals surface area contributed by atoms with Gasteiger partial charge in [0.2, 0.25) is 0 Å². The first-order valence-electron chi connectivity index (χ1n) is 7.16. The average molecular weight is 251 g/mol. The molecule has 2 heterocycles. The number of likely N-dealkylation sites (N-methyl/N-ethyl adjacent to an activating group) is 1. The Balaban J connectivity index is 1.73. The SMILES string of the molecule is CN1CC(CN2CCC(C#N)CC2)CCC1CO. The van der Waals surface area contributed by atoms with E-state index >= 15 is 0 Å². The quantitative estimate of drug-likeness (QED) is 0.810. The third kappa shape index (κ3) is 3.44. The van der Waals surface area contributed by atoms with Gasteiger partial charge in [0, 0.05) is 25.0 Å². The molecule has 2 aliphatic heterocycles. The number of rotatable bonds is 3. The van der Waals surface area contributed by atoms with E-state index in [1.54, 1.807) is 0 Å². The smallest absolute Gasteiger partial charge is 0.0656 e. The second-order valence-electron chi connectivity index (χ2n) is 5.92. The van der Waals surface area contributed by atoms with Crippen molar-refractivity contribution < 1.29 is 5.11 Å². The van der Waals surface area contributed by atoms with Gasteiger partial charge in [-0.15, -0.1) is 0 Å².